The lowest BCUT2D eigenvalue weighted by Crippen LogP contribution is -2.28. The zero-order valence-corrected chi connectivity index (χ0v) is 16.1. The van der Waals surface area contributed by atoms with Crippen molar-refractivity contribution in [1.82, 2.24) is 5.32 Å². The van der Waals surface area contributed by atoms with Gasteiger partial charge in [-0.2, -0.15) is 0 Å². The van der Waals surface area contributed by atoms with Crippen LogP contribution in [0, 0.1) is 0 Å². The van der Waals surface area contributed by atoms with E-state index in [4.69, 9.17) is 60.0 Å². The molecule has 5 nitrogen and oxygen atoms in total. The molecule has 1 saturated heterocycles. The molecule has 0 aliphatic carbocycles. The Balaban J connectivity index is -0.000000180. The van der Waals surface area contributed by atoms with Crippen molar-refractivity contribution in [3.8, 4) is 5.75 Å². The van der Waals surface area contributed by atoms with Gasteiger partial charge in [0.05, 0.1) is 18.3 Å². The van der Waals surface area contributed by atoms with Crippen LogP contribution >= 0.6 is 0 Å². The predicted octanol–water partition coefficient (Wildman–Crippen LogP) is 5.97. The summed E-state index contributed by atoms with van der Waals surface area (Å²) < 4.78 is 95.9. The molecule has 0 aromatic heterocycles. The maximum absolute atomic E-state index is 11.5. The van der Waals surface area contributed by atoms with Crippen molar-refractivity contribution in [1.29, 1.82) is 0 Å². The fourth-order valence-electron chi connectivity index (χ4n) is 2.19. The predicted molar refractivity (Wildman–Crippen MR) is 88.7 cm³/mol. The summed E-state index contributed by atoms with van der Waals surface area (Å²) in [7, 11) is 1.73. The van der Waals surface area contributed by atoms with Crippen molar-refractivity contribution in [3.63, 3.8) is 0 Å². The molecule has 1 aliphatic rings. The summed E-state index contributed by atoms with van der Waals surface area (Å²) in [6, 6.07) is 7.31. The third-order valence-electron chi connectivity index (χ3n) is 3.33. The zero-order chi connectivity index (χ0) is 24.4. The molecule has 188 valence electrons. The Hall–Kier alpha value is -2.36. The highest BCUT2D eigenvalue weighted by atomic mass is 20.0. The van der Waals surface area contributed by atoms with Crippen LogP contribution in [0.2, 0.25) is 0 Å². The van der Waals surface area contributed by atoms with Gasteiger partial charge in [0.2, 0.25) is 0 Å². The molecule has 1 aliphatic heterocycles. The van der Waals surface area contributed by atoms with Crippen molar-refractivity contribution < 1.29 is 69.5 Å². The van der Waals surface area contributed by atoms with Crippen molar-refractivity contribution in [3.05, 3.63) is 29.8 Å². The molecule has 2 rings (SSSR count). The van der Waals surface area contributed by atoms with E-state index in [1.165, 1.54) is 0 Å². The van der Waals surface area contributed by atoms with E-state index < -0.39 is 0 Å². The number of carbonyl (C=O) groups excluding carboxylic acids is 1. The number of esters is 1. The third kappa shape index (κ3) is 19.4. The van der Waals surface area contributed by atoms with Gasteiger partial charge >= 0.3 is 5.97 Å². The van der Waals surface area contributed by atoms with Gasteiger partial charge in [-0.25, -0.2) is 4.79 Å². The molecule has 16 heteroatoms. The van der Waals surface area contributed by atoms with Gasteiger partial charge in [0.15, 0.2) is 0 Å². The molecule has 1 N–H and O–H groups in total. The van der Waals surface area contributed by atoms with Gasteiger partial charge in [-0.1, -0.05) is 0 Å². The molecule has 0 radical (unpaired) electrons. The van der Waals surface area contributed by atoms with Gasteiger partial charge in [-0.3, -0.25) is 4.70 Å². The molecule has 1 heterocycles. The Kier molecular flexibility index (Phi) is 40.8. The summed E-state index contributed by atoms with van der Waals surface area (Å²) in [6.07, 6.45) is 1.23. The van der Waals surface area contributed by atoms with Gasteiger partial charge in [-0.15, -0.1) is 0 Å². The largest absolute Gasteiger partial charge is 0.492 e. The SMILES string of the molecule is CCOC(=O)c1ccc(OC[C@@H]2C[C@H](OC)CN2)cc1.F.FF.FF.FF.FF.FF. The minimum Gasteiger partial charge on any atom is -0.492 e. The fourth-order valence-corrected chi connectivity index (χ4v) is 2.19. The standard InChI is InChI=1S/C15H21NO4.5F2.FH/c1-3-19-15(17)11-4-6-13(7-5-11)20-10-12-8-14(18-2)9-16-12;5*1-2;/h4-7,12,14,16H,3,8-10H2,1-2H3;;;;;;1H/t12-,14-;;;;;;/m0....../s1. The average Bonchev–Trinajstić information content (AvgIpc) is 3.33. The quantitative estimate of drug-likeness (QED) is 0.394. The Morgan fingerprint density at radius 1 is 0.968 bits per heavy atom. The van der Waals surface area contributed by atoms with Crippen molar-refractivity contribution in [2.75, 3.05) is 26.9 Å². The van der Waals surface area contributed by atoms with E-state index in [0.29, 0.717) is 24.8 Å². The lowest BCUT2D eigenvalue weighted by Gasteiger charge is -2.12. The topological polar surface area (TPSA) is 56.8 Å². The second kappa shape index (κ2) is 32.3. The highest BCUT2D eigenvalue weighted by Gasteiger charge is 2.24. The van der Waals surface area contributed by atoms with E-state index in [2.05, 4.69) is 5.32 Å². The molecular formula is C15H22F11NO4. The first-order chi connectivity index (χ1) is 14.7. The summed E-state index contributed by atoms with van der Waals surface area (Å²) in [5.41, 5.74) is 0.539. The molecular weight excluding hydrogens is 467 g/mol. The molecule has 0 bridgehead atoms. The number of ether oxygens (including phenoxy) is 3. The summed E-state index contributed by atoms with van der Waals surface area (Å²) in [5, 5.41) is 3.35. The normalized spacial score (nSPS) is 15.0. The Labute approximate surface area is 169 Å². The number of hydrogen-bond acceptors (Lipinski definition) is 5. The first-order valence-electron chi connectivity index (χ1n) is 7.60. The van der Waals surface area contributed by atoms with Gasteiger partial charge in [-0.05, 0) is 37.6 Å². The molecule has 1 fully saturated rings. The third-order valence-corrected chi connectivity index (χ3v) is 3.33. The number of hydrogen-bond donors (Lipinski definition) is 1. The minimum absolute atomic E-state index is 0. The van der Waals surface area contributed by atoms with E-state index in [1.807, 2.05) is 0 Å². The van der Waals surface area contributed by atoms with Crippen molar-refractivity contribution in [2.45, 2.75) is 25.5 Å². The highest BCUT2D eigenvalue weighted by Crippen LogP contribution is 2.15. The number of carbonyl (C=O) groups is 1. The van der Waals surface area contributed by atoms with Crippen molar-refractivity contribution in [2.24, 2.45) is 0 Å². The van der Waals surface area contributed by atoms with Crippen LogP contribution in [0.25, 0.3) is 0 Å². The van der Waals surface area contributed by atoms with Crippen LogP contribution in [0.15, 0.2) is 24.3 Å². The van der Waals surface area contributed by atoms with Gasteiger partial charge in [0, 0.05) is 65.4 Å². The number of benzene rings is 1. The van der Waals surface area contributed by atoms with Gasteiger partial charge in [0.25, 0.3) is 0 Å². The Bertz CT molecular complexity index is 461. The smallest absolute Gasteiger partial charge is 0.338 e. The van der Waals surface area contributed by atoms with Gasteiger partial charge in [0.1, 0.15) is 12.4 Å². The maximum Gasteiger partial charge on any atom is 0.338 e. The first-order valence-corrected chi connectivity index (χ1v) is 7.60. The first kappa shape index (κ1) is 39.2. The molecule has 0 amide bonds. The summed E-state index contributed by atoms with van der Waals surface area (Å²) in [5.74, 6) is 0.445. The van der Waals surface area contributed by atoms with Crippen LogP contribution in [-0.2, 0) is 9.47 Å². The van der Waals surface area contributed by atoms with Crippen molar-refractivity contribution >= 4 is 5.97 Å². The van der Waals surface area contributed by atoms with E-state index >= 15 is 0 Å². The summed E-state index contributed by atoms with van der Waals surface area (Å²) in [6.45, 7) is 3.63. The second-order valence-electron chi connectivity index (χ2n) is 4.75. The van der Waals surface area contributed by atoms with E-state index in [1.54, 1.807) is 38.3 Å². The average molecular weight is 489 g/mol. The van der Waals surface area contributed by atoms with Crippen LogP contribution in [-0.4, -0.2) is 45.0 Å². The molecule has 0 saturated carbocycles. The molecule has 31 heavy (non-hydrogen) atoms. The maximum atomic E-state index is 11.5. The number of rotatable bonds is 6. The van der Waals surface area contributed by atoms with E-state index in [0.717, 1.165) is 18.7 Å². The number of nitrogens with one attached hydrogen (secondary N) is 1. The summed E-state index contributed by atoms with van der Waals surface area (Å²) >= 11 is 0. The molecule has 0 spiro atoms. The number of methoxy groups -OCH3 is 1. The summed E-state index contributed by atoms with van der Waals surface area (Å²) in [4.78, 5) is 11.5. The van der Waals surface area contributed by atoms with Crippen LogP contribution in [0.3, 0.4) is 0 Å². The molecule has 1 aromatic rings. The second-order valence-corrected chi connectivity index (χ2v) is 4.75. The molecule has 0 unspecified atom stereocenters. The van der Waals surface area contributed by atoms with Gasteiger partial charge < -0.3 is 19.5 Å². The van der Waals surface area contributed by atoms with E-state index in [9.17, 15) is 4.79 Å². The molecule has 2 atom stereocenters. The minimum atomic E-state index is -0.306. The van der Waals surface area contributed by atoms with E-state index in [-0.39, 0.29) is 16.8 Å². The molecule has 1 aromatic carbocycles. The zero-order valence-electron chi connectivity index (χ0n) is 16.1. The monoisotopic (exact) mass is 489 g/mol. The lowest BCUT2D eigenvalue weighted by molar-refractivity contribution is 0.0526. The Morgan fingerprint density at radius 2 is 1.45 bits per heavy atom. The fraction of sp³-hybridized carbons (Fsp3) is 0.533. The van der Waals surface area contributed by atoms with Crippen LogP contribution < -0.4 is 10.1 Å². The van der Waals surface area contributed by atoms with Crippen LogP contribution in [0.1, 0.15) is 23.7 Å². The number of halogens is 11. The van der Waals surface area contributed by atoms with Crippen LogP contribution in [0.5, 0.6) is 5.75 Å². The Morgan fingerprint density at radius 3 is 1.84 bits per heavy atom. The highest BCUT2D eigenvalue weighted by molar-refractivity contribution is 5.89. The lowest BCUT2D eigenvalue weighted by atomic mass is 10.2. The van der Waals surface area contributed by atoms with Crippen LogP contribution in [0.4, 0.5) is 50.4 Å².